The van der Waals surface area contributed by atoms with Crippen molar-refractivity contribution in [2.75, 3.05) is 12.0 Å². The Morgan fingerprint density at radius 2 is 1.83 bits per heavy atom. The molecular weight excluding hydrogens is 430 g/mol. The van der Waals surface area contributed by atoms with Crippen LogP contribution < -0.4 is 9.64 Å². The van der Waals surface area contributed by atoms with Crippen LogP contribution in [0.15, 0.2) is 40.9 Å². The first-order valence-corrected chi connectivity index (χ1v) is 10.9. The molecule has 1 amide bonds. The van der Waals surface area contributed by atoms with Crippen LogP contribution in [0.25, 0.3) is 0 Å². The Morgan fingerprint density at radius 3 is 2.38 bits per heavy atom. The molecular formula is C24H30BrNO3. The molecule has 2 aromatic carbocycles. The summed E-state index contributed by atoms with van der Waals surface area (Å²) in [6, 6.07) is 12.2. The van der Waals surface area contributed by atoms with Gasteiger partial charge in [0, 0.05) is 4.47 Å². The third-order valence-corrected chi connectivity index (χ3v) is 5.77. The predicted octanol–water partition coefficient (Wildman–Crippen LogP) is 7.01. The van der Waals surface area contributed by atoms with Gasteiger partial charge in [0.2, 0.25) is 0 Å². The highest BCUT2D eigenvalue weighted by Crippen LogP contribution is 2.45. The standard InChI is InChI=1S/C24H30BrNO3/c1-15(2)18-13-17-9-12-21(16-7-10-19(28-6)11-8-16)26(22(17)20(25)14-18)23(27)29-24(3,4)5/h7-8,10-11,13-15,21H,9,12H2,1-6H3. The number of halogens is 1. The van der Waals surface area contributed by atoms with E-state index < -0.39 is 5.60 Å². The normalized spacial score (nSPS) is 16.6. The van der Waals surface area contributed by atoms with Gasteiger partial charge in [0.05, 0.1) is 18.8 Å². The lowest BCUT2D eigenvalue weighted by Crippen LogP contribution is -2.42. The fraction of sp³-hybridized carbons (Fsp3) is 0.458. The van der Waals surface area contributed by atoms with Crippen molar-refractivity contribution < 1.29 is 14.3 Å². The second-order valence-corrected chi connectivity index (χ2v) is 9.70. The Morgan fingerprint density at radius 1 is 1.17 bits per heavy atom. The first-order valence-electron chi connectivity index (χ1n) is 10.1. The number of hydrogen-bond acceptors (Lipinski definition) is 3. The number of fused-ring (bicyclic) bond motifs is 1. The maximum absolute atomic E-state index is 13.3. The van der Waals surface area contributed by atoms with Gasteiger partial charge in [-0.05, 0) is 90.4 Å². The molecule has 0 bridgehead atoms. The Bertz CT molecular complexity index is 884. The zero-order valence-electron chi connectivity index (χ0n) is 18.1. The molecule has 0 N–H and O–H groups in total. The molecule has 0 fully saturated rings. The van der Waals surface area contributed by atoms with Crippen LogP contribution in [0.2, 0.25) is 0 Å². The van der Waals surface area contributed by atoms with Crippen LogP contribution in [0.5, 0.6) is 5.75 Å². The smallest absolute Gasteiger partial charge is 0.415 e. The Hall–Kier alpha value is -2.01. The molecule has 0 radical (unpaired) electrons. The van der Waals surface area contributed by atoms with E-state index in [0.29, 0.717) is 5.92 Å². The summed E-state index contributed by atoms with van der Waals surface area (Å²) >= 11 is 3.74. The minimum Gasteiger partial charge on any atom is -0.497 e. The van der Waals surface area contributed by atoms with Crippen LogP contribution >= 0.6 is 15.9 Å². The molecule has 0 saturated carbocycles. The third kappa shape index (κ3) is 4.77. The van der Waals surface area contributed by atoms with Gasteiger partial charge in [0.15, 0.2) is 0 Å². The number of carbonyl (C=O) groups is 1. The molecule has 1 aliphatic heterocycles. The van der Waals surface area contributed by atoms with Crippen LogP contribution in [0.3, 0.4) is 0 Å². The number of anilines is 1. The topological polar surface area (TPSA) is 38.8 Å². The lowest BCUT2D eigenvalue weighted by molar-refractivity contribution is 0.0559. The molecule has 156 valence electrons. The molecule has 1 unspecified atom stereocenters. The van der Waals surface area contributed by atoms with Gasteiger partial charge in [-0.1, -0.05) is 32.0 Å². The van der Waals surface area contributed by atoms with E-state index in [1.54, 1.807) is 7.11 Å². The first-order chi connectivity index (χ1) is 13.6. The second-order valence-electron chi connectivity index (χ2n) is 8.84. The first kappa shape index (κ1) is 21.7. The summed E-state index contributed by atoms with van der Waals surface area (Å²) in [7, 11) is 1.66. The van der Waals surface area contributed by atoms with Crippen LogP contribution in [0.4, 0.5) is 10.5 Å². The van der Waals surface area contributed by atoms with Crippen molar-refractivity contribution in [3.8, 4) is 5.75 Å². The largest absolute Gasteiger partial charge is 0.497 e. The summed E-state index contributed by atoms with van der Waals surface area (Å²) in [6.07, 6.45) is 1.43. The predicted molar refractivity (Wildman–Crippen MR) is 121 cm³/mol. The summed E-state index contributed by atoms with van der Waals surface area (Å²) in [6.45, 7) is 10.1. The average Bonchev–Trinajstić information content (AvgIpc) is 2.65. The van der Waals surface area contributed by atoms with Crippen LogP contribution in [0, 0.1) is 0 Å². The van der Waals surface area contributed by atoms with Gasteiger partial charge >= 0.3 is 6.09 Å². The molecule has 4 nitrogen and oxygen atoms in total. The summed E-state index contributed by atoms with van der Waals surface area (Å²) in [5, 5.41) is 0. The van der Waals surface area contributed by atoms with Gasteiger partial charge in [-0.2, -0.15) is 0 Å². The molecule has 0 saturated heterocycles. The number of nitrogens with zero attached hydrogens (tertiary/aromatic N) is 1. The highest BCUT2D eigenvalue weighted by Gasteiger charge is 2.36. The van der Waals surface area contributed by atoms with Crippen molar-refractivity contribution in [2.24, 2.45) is 0 Å². The lowest BCUT2D eigenvalue weighted by atomic mass is 9.89. The van der Waals surface area contributed by atoms with E-state index in [-0.39, 0.29) is 12.1 Å². The highest BCUT2D eigenvalue weighted by atomic mass is 79.9. The number of methoxy groups -OCH3 is 1. The molecule has 2 aromatic rings. The van der Waals surface area contributed by atoms with E-state index in [2.05, 4.69) is 41.9 Å². The van der Waals surface area contributed by atoms with Gasteiger partial charge in [0.25, 0.3) is 0 Å². The molecule has 0 aromatic heterocycles. The number of benzene rings is 2. The molecule has 0 aliphatic carbocycles. The van der Waals surface area contributed by atoms with Crippen molar-refractivity contribution in [3.63, 3.8) is 0 Å². The van der Waals surface area contributed by atoms with E-state index in [9.17, 15) is 4.79 Å². The van der Waals surface area contributed by atoms with Gasteiger partial charge < -0.3 is 9.47 Å². The van der Waals surface area contributed by atoms with Crippen molar-refractivity contribution in [1.29, 1.82) is 0 Å². The van der Waals surface area contributed by atoms with Crippen molar-refractivity contribution in [3.05, 3.63) is 57.6 Å². The molecule has 1 atom stereocenters. The summed E-state index contributed by atoms with van der Waals surface area (Å²) in [5.41, 5.74) is 3.86. The minimum atomic E-state index is -0.566. The van der Waals surface area contributed by atoms with Crippen LogP contribution in [0.1, 0.15) is 69.7 Å². The van der Waals surface area contributed by atoms with Gasteiger partial charge in [-0.3, -0.25) is 4.90 Å². The number of ether oxygens (including phenoxy) is 2. The molecule has 3 rings (SSSR count). The van der Waals surface area contributed by atoms with Crippen molar-refractivity contribution >= 4 is 27.7 Å². The number of amides is 1. The SMILES string of the molecule is COc1ccc(C2CCc3cc(C(C)C)cc(Br)c3N2C(=O)OC(C)(C)C)cc1. The van der Waals surface area contributed by atoms with Gasteiger partial charge in [-0.25, -0.2) is 4.79 Å². The number of carbonyl (C=O) groups excluding carboxylic acids is 1. The Labute approximate surface area is 182 Å². The van der Waals surface area contributed by atoms with Crippen LogP contribution in [-0.2, 0) is 11.2 Å². The van der Waals surface area contributed by atoms with Crippen molar-refractivity contribution in [1.82, 2.24) is 0 Å². The zero-order valence-corrected chi connectivity index (χ0v) is 19.7. The fourth-order valence-electron chi connectivity index (χ4n) is 3.72. The van der Waals surface area contributed by atoms with E-state index in [0.717, 1.165) is 34.3 Å². The molecule has 29 heavy (non-hydrogen) atoms. The maximum atomic E-state index is 13.3. The molecule has 1 heterocycles. The number of aryl methyl sites for hydroxylation is 1. The zero-order chi connectivity index (χ0) is 21.3. The molecule has 0 spiro atoms. The Balaban J connectivity index is 2.09. The minimum absolute atomic E-state index is 0.0931. The second kappa shape index (κ2) is 8.39. The van der Waals surface area contributed by atoms with E-state index in [1.165, 1.54) is 11.1 Å². The lowest BCUT2D eigenvalue weighted by Gasteiger charge is -2.39. The van der Waals surface area contributed by atoms with Gasteiger partial charge in [-0.15, -0.1) is 0 Å². The monoisotopic (exact) mass is 459 g/mol. The maximum Gasteiger partial charge on any atom is 0.415 e. The number of hydrogen-bond donors (Lipinski definition) is 0. The summed E-state index contributed by atoms with van der Waals surface area (Å²) in [5.74, 6) is 1.22. The molecule has 1 aliphatic rings. The molecule has 5 heteroatoms. The average molecular weight is 460 g/mol. The number of rotatable bonds is 3. The van der Waals surface area contributed by atoms with E-state index in [1.807, 2.05) is 49.9 Å². The fourth-order valence-corrected chi connectivity index (χ4v) is 4.43. The van der Waals surface area contributed by atoms with Crippen molar-refractivity contribution in [2.45, 2.75) is 65.0 Å². The summed E-state index contributed by atoms with van der Waals surface area (Å²) in [4.78, 5) is 15.1. The van der Waals surface area contributed by atoms with E-state index >= 15 is 0 Å². The Kier molecular flexibility index (Phi) is 6.27. The quantitative estimate of drug-likeness (QED) is 0.495. The van der Waals surface area contributed by atoms with E-state index in [4.69, 9.17) is 9.47 Å². The highest BCUT2D eigenvalue weighted by molar-refractivity contribution is 9.10. The third-order valence-electron chi connectivity index (χ3n) is 5.16. The summed E-state index contributed by atoms with van der Waals surface area (Å²) < 4.78 is 12.0. The van der Waals surface area contributed by atoms with Gasteiger partial charge in [0.1, 0.15) is 11.4 Å². The van der Waals surface area contributed by atoms with Crippen LogP contribution in [-0.4, -0.2) is 18.8 Å².